The van der Waals surface area contributed by atoms with Gasteiger partial charge in [0.15, 0.2) is 0 Å². The largest absolute Gasteiger partial charge is 0.445 e. The van der Waals surface area contributed by atoms with Gasteiger partial charge in [0.2, 0.25) is 23.6 Å². The topological polar surface area (TPSA) is 137 Å². The van der Waals surface area contributed by atoms with Crippen molar-refractivity contribution in [1.82, 2.24) is 25.8 Å². The molecule has 0 spiro atoms. The number of carbonyl (C=O) groups excluding carboxylic acids is 5. The van der Waals surface area contributed by atoms with Crippen LogP contribution >= 0.6 is 0 Å². The lowest BCUT2D eigenvalue weighted by Gasteiger charge is -2.25. The van der Waals surface area contributed by atoms with Crippen LogP contribution in [0.25, 0.3) is 0 Å². The normalized spacial score (nSPS) is 23.2. The first kappa shape index (κ1) is 34.7. The van der Waals surface area contributed by atoms with Crippen LogP contribution in [-0.2, 0) is 30.5 Å². The Bertz CT molecular complexity index is 1670. The van der Waals surface area contributed by atoms with E-state index in [0.717, 1.165) is 16.7 Å². The van der Waals surface area contributed by atoms with Crippen LogP contribution in [-0.4, -0.2) is 72.7 Å². The first-order valence-corrected chi connectivity index (χ1v) is 17.4. The molecule has 6 rings (SSSR count). The molecule has 11 heteroatoms. The number of benzene rings is 3. The Morgan fingerprint density at radius 3 is 1.96 bits per heavy atom. The van der Waals surface area contributed by atoms with Crippen molar-refractivity contribution in [3.05, 3.63) is 108 Å². The average molecular weight is 680 g/mol. The summed E-state index contributed by atoms with van der Waals surface area (Å²) in [5.41, 5.74) is 2.66. The van der Waals surface area contributed by atoms with E-state index >= 15 is 0 Å². The molecule has 11 nitrogen and oxygen atoms in total. The molecule has 0 unspecified atom stereocenters. The molecular weight excluding hydrogens is 634 g/mol. The summed E-state index contributed by atoms with van der Waals surface area (Å²) in [6.07, 6.45) is 1.88. The van der Waals surface area contributed by atoms with Gasteiger partial charge in [-0.05, 0) is 54.2 Å². The van der Waals surface area contributed by atoms with E-state index < -0.39 is 18.2 Å². The third-order valence-corrected chi connectivity index (χ3v) is 9.99. The van der Waals surface area contributed by atoms with Crippen LogP contribution in [0.2, 0.25) is 0 Å². The van der Waals surface area contributed by atoms with E-state index in [0.29, 0.717) is 32.2 Å². The van der Waals surface area contributed by atoms with E-state index in [2.05, 4.69) is 16.0 Å². The number of nitrogens with zero attached hydrogens (tertiary/aromatic N) is 2. The lowest BCUT2D eigenvalue weighted by atomic mass is 10.0. The fraction of sp³-hybridized carbons (Fsp3) is 0.410. The third kappa shape index (κ3) is 8.33. The molecule has 1 saturated heterocycles. The van der Waals surface area contributed by atoms with E-state index in [-0.39, 0.29) is 66.5 Å². The van der Waals surface area contributed by atoms with Crippen LogP contribution < -0.4 is 16.0 Å². The highest BCUT2D eigenvalue weighted by Gasteiger charge is 2.52. The summed E-state index contributed by atoms with van der Waals surface area (Å²) >= 11 is 0. The molecule has 0 bridgehead atoms. The number of carbonyl (C=O) groups is 5. The van der Waals surface area contributed by atoms with Crippen molar-refractivity contribution in [2.75, 3.05) is 27.2 Å². The van der Waals surface area contributed by atoms with Gasteiger partial charge in [-0.1, -0.05) is 91.0 Å². The van der Waals surface area contributed by atoms with Gasteiger partial charge in [0.25, 0.3) is 0 Å². The van der Waals surface area contributed by atoms with Crippen molar-refractivity contribution in [1.29, 1.82) is 0 Å². The Balaban J connectivity index is 1.04. The molecule has 0 radical (unpaired) electrons. The van der Waals surface area contributed by atoms with E-state index in [4.69, 9.17) is 4.74 Å². The maximum atomic E-state index is 13.8. The zero-order chi connectivity index (χ0) is 35.2. The van der Waals surface area contributed by atoms with Crippen molar-refractivity contribution in [3.8, 4) is 0 Å². The molecule has 3 aromatic rings. The van der Waals surface area contributed by atoms with Gasteiger partial charge in [0, 0.05) is 32.5 Å². The summed E-state index contributed by atoms with van der Waals surface area (Å²) in [5.74, 6) is -1.49. The zero-order valence-electron chi connectivity index (χ0n) is 28.5. The molecule has 1 aliphatic heterocycles. The summed E-state index contributed by atoms with van der Waals surface area (Å²) in [6, 6.07) is 27.0. The van der Waals surface area contributed by atoms with E-state index in [1.807, 2.05) is 91.0 Å². The minimum atomic E-state index is -0.675. The maximum Gasteiger partial charge on any atom is 0.407 e. The van der Waals surface area contributed by atoms with Crippen LogP contribution in [0.4, 0.5) is 4.79 Å². The second kappa shape index (κ2) is 15.6. The number of hydrogen-bond donors (Lipinski definition) is 3. The Hall–Kier alpha value is -5.19. The number of rotatable bonds is 13. The van der Waals surface area contributed by atoms with Gasteiger partial charge in [-0.3, -0.25) is 19.2 Å². The molecule has 2 aliphatic carbocycles. The third-order valence-electron chi connectivity index (χ3n) is 9.99. The quantitative estimate of drug-likeness (QED) is 0.250. The molecule has 5 amide bonds. The summed E-state index contributed by atoms with van der Waals surface area (Å²) in [7, 11) is 3.46. The van der Waals surface area contributed by atoms with E-state index in [1.165, 1.54) is 0 Å². The van der Waals surface area contributed by atoms with Crippen molar-refractivity contribution in [2.45, 2.75) is 50.4 Å². The van der Waals surface area contributed by atoms with Gasteiger partial charge in [-0.25, -0.2) is 4.79 Å². The smallest absolute Gasteiger partial charge is 0.407 e. The van der Waals surface area contributed by atoms with E-state index in [1.54, 1.807) is 23.9 Å². The van der Waals surface area contributed by atoms with Gasteiger partial charge in [0.05, 0.1) is 18.6 Å². The number of hydrogen-bond acceptors (Lipinski definition) is 6. The molecule has 7 atom stereocenters. The Morgan fingerprint density at radius 2 is 1.34 bits per heavy atom. The average Bonchev–Trinajstić information content (AvgIpc) is 4.06. The van der Waals surface area contributed by atoms with Crippen LogP contribution in [0, 0.1) is 23.7 Å². The van der Waals surface area contributed by atoms with Crippen LogP contribution in [0.15, 0.2) is 91.0 Å². The Kier molecular flexibility index (Phi) is 10.8. The highest BCUT2D eigenvalue weighted by Crippen LogP contribution is 2.50. The first-order valence-electron chi connectivity index (χ1n) is 17.4. The fourth-order valence-corrected chi connectivity index (χ4v) is 7.18. The highest BCUT2D eigenvalue weighted by molar-refractivity contribution is 5.92. The monoisotopic (exact) mass is 679 g/mol. The SMILES string of the molecule is CN(C)C(=O)[C@@H]1C[C@@H]1[C@@H](NC(=O)CNC(=O)[C@@H]1CCCN1C(=O)[C@@H]1C[C@H]1[C@@H](NC(=O)OCc1ccccc1)c1ccccc1)c1ccccc1. The molecule has 3 fully saturated rings. The second-order valence-corrected chi connectivity index (χ2v) is 13.7. The number of likely N-dealkylation sites (tertiary alicyclic amines) is 1. The van der Waals surface area contributed by atoms with Crippen molar-refractivity contribution < 1.29 is 28.7 Å². The number of alkyl carbamates (subject to hydrolysis) is 1. The highest BCUT2D eigenvalue weighted by atomic mass is 16.5. The predicted molar refractivity (Wildman–Crippen MR) is 186 cm³/mol. The number of ether oxygens (including phenoxy) is 1. The summed E-state index contributed by atoms with van der Waals surface area (Å²) in [4.78, 5) is 69.0. The molecule has 50 heavy (non-hydrogen) atoms. The fourth-order valence-electron chi connectivity index (χ4n) is 7.18. The molecule has 2 saturated carbocycles. The predicted octanol–water partition coefficient (Wildman–Crippen LogP) is 3.98. The Morgan fingerprint density at radius 1 is 0.780 bits per heavy atom. The zero-order valence-corrected chi connectivity index (χ0v) is 28.5. The van der Waals surface area contributed by atoms with Crippen LogP contribution in [0.1, 0.15) is 54.5 Å². The standard InChI is InChI=1S/C39H45N5O6/c1-43(2)37(47)30-21-28(30)34(26-15-8-4-9-16-26)41-33(45)23-40-36(46)32-19-12-20-44(32)38(48)31-22-29(31)35(27-17-10-5-11-18-27)42-39(49)50-24-25-13-6-3-7-14-25/h3-11,13-18,28-32,34-35H,12,19-24H2,1-2H3,(H,40,46)(H,41,45)(H,42,49)/t28-,29+,30+,31+,32-,34-,35-/m0/s1. The Labute approximate surface area is 292 Å². The second-order valence-electron chi connectivity index (χ2n) is 13.7. The number of nitrogens with one attached hydrogen (secondary N) is 3. The molecule has 1 heterocycles. The van der Waals surface area contributed by atoms with Crippen molar-refractivity contribution >= 4 is 29.7 Å². The van der Waals surface area contributed by atoms with Gasteiger partial charge < -0.3 is 30.5 Å². The molecule has 3 aromatic carbocycles. The van der Waals surface area contributed by atoms with Crippen molar-refractivity contribution in [2.24, 2.45) is 23.7 Å². The van der Waals surface area contributed by atoms with Crippen molar-refractivity contribution in [3.63, 3.8) is 0 Å². The number of amides is 5. The molecule has 3 N–H and O–H groups in total. The molecule has 3 aliphatic rings. The summed E-state index contributed by atoms with van der Waals surface area (Å²) < 4.78 is 5.49. The lowest BCUT2D eigenvalue weighted by molar-refractivity contribution is -0.140. The first-order chi connectivity index (χ1) is 24.2. The van der Waals surface area contributed by atoms with Gasteiger partial charge in [0.1, 0.15) is 12.6 Å². The molecular formula is C39H45N5O6. The summed E-state index contributed by atoms with van der Waals surface area (Å²) in [6.45, 7) is 0.346. The molecule has 262 valence electrons. The van der Waals surface area contributed by atoms with Gasteiger partial charge in [-0.2, -0.15) is 0 Å². The minimum Gasteiger partial charge on any atom is -0.445 e. The van der Waals surface area contributed by atoms with E-state index in [9.17, 15) is 24.0 Å². The van der Waals surface area contributed by atoms with Crippen LogP contribution in [0.3, 0.4) is 0 Å². The molecule has 0 aromatic heterocycles. The maximum absolute atomic E-state index is 13.8. The summed E-state index contributed by atoms with van der Waals surface area (Å²) in [5, 5.41) is 8.79. The lowest BCUT2D eigenvalue weighted by Crippen LogP contribution is -2.49. The minimum absolute atomic E-state index is 0.0266. The van der Waals surface area contributed by atoms with Crippen LogP contribution in [0.5, 0.6) is 0 Å². The van der Waals surface area contributed by atoms with Gasteiger partial charge in [-0.15, -0.1) is 0 Å². The van der Waals surface area contributed by atoms with Gasteiger partial charge >= 0.3 is 6.09 Å².